The number of aryl methyl sites for hydroxylation is 2. The summed E-state index contributed by atoms with van der Waals surface area (Å²) < 4.78 is 5.39. The molecular formula is C20H19N3O2. The fourth-order valence-electron chi connectivity index (χ4n) is 2.61. The molecule has 0 unspecified atom stereocenters. The molecule has 2 aromatic carbocycles. The van der Waals surface area contributed by atoms with Gasteiger partial charge >= 0.3 is 0 Å². The number of hydrogen-bond acceptors (Lipinski definition) is 4. The highest BCUT2D eigenvalue weighted by Gasteiger charge is 2.10. The van der Waals surface area contributed by atoms with Crippen LogP contribution in [-0.2, 0) is 0 Å². The molecule has 0 fully saturated rings. The van der Waals surface area contributed by atoms with E-state index < -0.39 is 0 Å². The monoisotopic (exact) mass is 333 g/mol. The van der Waals surface area contributed by atoms with E-state index in [1.165, 1.54) is 5.56 Å². The molecule has 0 aliphatic carbocycles. The topological polar surface area (TPSA) is 81.9 Å². The van der Waals surface area contributed by atoms with Crippen molar-refractivity contribution in [2.75, 3.05) is 6.61 Å². The molecule has 126 valence electrons. The first-order chi connectivity index (χ1) is 12.0. The second kappa shape index (κ2) is 6.70. The maximum absolute atomic E-state index is 9.79. The summed E-state index contributed by atoms with van der Waals surface area (Å²) in [5, 5.41) is 19.3. The van der Waals surface area contributed by atoms with Crippen LogP contribution in [0.5, 0.6) is 11.5 Å². The van der Waals surface area contributed by atoms with Crippen LogP contribution in [0.3, 0.4) is 0 Å². The van der Waals surface area contributed by atoms with Crippen LogP contribution in [-0.4, -0.2) is 21.7 Å². The fraction of sp³-hybridized carbons (Fsp3) is 0.200. The number of benzene rings is 2. The number of fused-ring (bicyclic) bond motifs is 1. The van der Waals surface area contributed by atoms with E-state index in [1.807, 2.05) is 32.9 Å². The van der Waals surface area contributed by atoms with Crippen LogP contribution in [0, 0.1) is 25.2 Å². The lowest BCUT2D eigenvalue weighted by Gasteiger charge is -2.06. The minimum atomic E-state index is 0.0761. The molecule has 0 amide bonds. The quantitative estimate of drug-likeness (QED) is 0.696. The summed E-state index contributed by atoms with van der Waals surface area (Å²) in [6.07, 6.45) is 1.72. The van der Waals surface area contributed by atoms with Crippen molar-refractivity contribution in [1.29, 1.82) is 5.26 Å². The number of hydrogen-bond donors (Lipinski definition) is 2. The molecule has 0 spiro atoms. The minimum absolute atomic E-state index is 0.0761. The predicted molar refractivity (Wildman–Crippen MR) is 98.3 cm³/mol. The van der Waals surface area contributed by atoms with Crippen LogP contribution in [0.2, 0.25) is 0 Å². The van der Waals surface area contributed by atoms with Crippen LogP contribution in [0.4, 0.5) is 0 Å². The van der Waals surface area contributed by atoms with E-state index in [2.05, 4.69) is 16.0 Å². The summed E-state index contributed by atoms with van der Waals surface area (Å²) in [6, 6.07) is 11.2. The number of nitrogens with one attached hydrogen (secondary N) is 1. The maximum atomic E-state index is 9.79. The number of allylic oxidation sites excluding steroid dienone is 1. The van der Waals surface area contributed by atoms with Gasteiger partial charge in [0.2, 0.25) is 0 Å². The Kier molecular flexibility index (Phi) is 4.44. The molecule has 0 atom stereocenters. The number of rotatable bonds is 4. The van der Waals surface area contributed by atoms with Crippen molar-refractivity contribution in [3.63, 3.8) is 0 Å². The molecule has 0 saturated heterocycles. The Bertz CT molecular complexity index is 971. The number of phenols is 1. The number of phenolic OH excluding ortho intramolecular Hbond substituents is 1. The Hall–Kier alpha value is -3.26. The Labute approximate surface area is 146 Å². The van der Waals surface area contributed by atoms with E-state index in [-0.39, 0.29) is 5.75 Å². The third kappa shape index (κ3) is 3.33. The lowest BCUT2D eigenvalue weighted by molar-refractivity contribution is 0.318. The highest BCUT2D eigenvalue weighted by molar-refractivity contribution is 5.90. The average molecular weight is 333 g/mol. The standard InChI is InChI=1S/C20H19N3O2/c1-4-25-19-10-14(5-6-18(19)24)9-15(11-21)20-22-16-7-12(2)13(3)8-17(16)23-20/h5-10,24H,4H2,1-3H3,(H,22,23)/b15-9+. The average Bonchev–Trinajstić information content (AvgIpc) is 2.98. The number of aromatic amines is 1. The zero-order chi connectivity index (χ0) is 18.0. The zero-order valence-corrected chi connectivity index (χ0v) is 14.4. The van der Waals surface area contributed by atoms with Crippen LogP contribution in [0.15, 0.2) is 30.3 Å². The smallest absolute Gasteiger partial charge is 0.161 e. The van der Waals surface area contributed by atoms with Gasteiger partial charge in [-0.25, -0.2) is 4.98 Å². The molecule has 25 heavy (non-hydrogen) atoms. The minimum Gasteiger partial charge on any atom is -0.504 e. The maximum Gasteiger partial charge on any atom is 0.161 e. The van der Waals surface area contributed by atoms with Crippen molar-refractivity contribution in [1.82, 2.24) is 9.97 Å². The van der Waals surface area contributed by atoms with Gasteiger partial charge in [-0.3, -0.25) is 0 Å². The van der Waals surface area contributed by atoms with E-state index in [9.17, 15) is 10.4 Å². The number of aromatic hydroxyl groups is 1. The molecule has 0 radical (unpaired) electrons. The van der Waals surface area contributed by atoms with E-state index in [0.717, 1.165) is 22.2 Å². The van der Waals surface area contributed by atoms with Gasteiger partial charge in [0.15, 0.2) is 11.5 Å². The third-order valence-electron chi connectivity index (χ3n) is 4.07. The SMILES string of the molecule is CCOc1cc(/C=C(\C#N)c2nc3cc(C)c(C)cc3[nH]2)ccc1O. The fourth-order valence-corrected chi connectivity index (χ4v) is 2.61. The Morgan fingerprint density at radius 3 is 2.76 bits per heavy atom. The first kappa shape index (κ1) is 16.6. The predicted octanol–water partition coefficient (Wildman–Crippen LogP) is 4.35. The Morgan fingerprint density at radius 1 is 1.28 bits per heavy atom. The normalized spacial score (nSPS) is 11.5. The number of ether oxygens (including phenoxy) is 1. The largest absolute Gasteiger partial charge is 0.504 e. The van der Waals surface area contributed by atoms with Crippen LogP contribution in [0.25, 0.3) is 22.7 Å². The summed E-state index contributed by atoms with van der Waals surface area (Å²) in [5.41, 5.74) is 5.24. The number of imidazole rings is 1. The molecule has 0 aliphatic rings. The molecule has 1 heterocycles. The Morgan fingerprint density at radius 2 is 2.04 bits per heavy atom. The highest BCUT2D eigenvalue weighted by atomic mass is 16.5. The van der Waals surface area contributed by atoms with E-state index in [0.29, 0.717) is 23.8 Å². The van der Waals surface area contributed by atoms with Crippen LogP contribution < -0.4 is 4.74 Å². The van der Waals surface area contributed by atoms with Crippen molar-refractivity contribution in [3.8, 4) is 17.6 Å². The first-order valence-electron chi connectivity index (χ1n) is 8.06. The molecule has 0 bridgehead atoms. The number of H-pyrrole nitrogens is 1. The van der Waals surface area contributed by atoms with Gasteiger partial charge in [0.05, 0.1) is 23.2 Å². The van der Waals surface area contributed by atoms with Crippen molar-refractivity contribution in [2.45, 2.75) is 20.8 Å². The van der Waals surface area contributed by atoms with Crippen molar-refractivity contribution in [2.24, 2.45) is 0 Å². The summed E-state index contributed by atoms with van der Waals surface area (Å²) in [6.45, 7) is 6.38. The number of nitrogens with zero attached hydrogens (tertiary/aromatic N) is 2. The second-order valence-corrected chi connectivity index (χ2v) is 5.87. The van der Waals surface area contributed by atoms with E-state index in [1.54, 1.807) is 24.3 Å². The summed E-state index contributed by atoms with van der Waals surface area (Å²) >= 11 is 0. The van der Waals surface area contributed by atoms with Gasteiger partial charge in [-0.15, -0.1) is 0 Å². The molecule has 1 aromatic heterocycles. The highest BCUT2D eigenvalue weighted by Crippen LogP contribution is 2.29. The first-order valence-corrected chi connectivity index (χ1v) is 8.06. The van der Waals surface area contributed by atoms with Crippen molar-refractivity contribution in [3.05, 3.63) is 52.8 Å². The summed E-state index contributed by atoms with van der Waals surface area (Å²) in [7, 11) is 0. The number of nitriles is 1. The lowest BCUT2D eigenvalue weighted by atomic mass is 10.1. The molecule has 5 heteroatoms. The molecule has 0 aliphatic heterocycles. The molecule has 5 nitrogen and oxygen atoms in total. The van der Waals surface area contributed by atoms with Gasteiger partial charge in [0, 0.05) is 0 Å². The Balaban J connectivity index is 2.04. The van der Waals surface area contributed by atoms with Gasteiger partial charge in [-0.05, 0) is 67.8 Å². The van der Waals surface area contributed by atoms with Gasteiger partial charge in [-0.1, -0.05) is 6.07 Å². The van der Waals surface area contributed by atoms with Gasteiger partial charge in [0.25, 0.3) is 0 Å². The molecule has 3 aromatic rings. The third-order valence-corrected chi connectivity index (χ3v) is 4.07. The lowest BCUT2D eigenvalue weighted by Crippen LogP contribution is -1.92. The zero-order valence-electron chi connectivity index (χ0n) is 14.4. The molecule has 2 N–H and O–H groups in total. The van der Waals surface area contributed by atoms with Crippen molar-refractivity contribution >= 4 is 22.7 Å². The van der Waals surface area contributed by atoms with Gasteiger partial charge < -0.3 is 14.8 Å². The van der Waals surface area contributed by atoms with Gasteiger partial charge in [0.1, 0.15) is 11.9 Å². The number of aromatic nitrogens is 2. The van der Waals surface area contributed by atoms with Crippen LogP contribution in [0.1, 0.15) is 29.4 Å². The van der Waals surface area contributed by atoms with Crippen molar-refractivity contribution < 1.29 is 9.84 Å². The van der Waals surface area contributed by atoms with Crippen LogP contribution >= 0.6 is 0 Å². The molecule has 3 rings (SSSR count). The van der Waals surface area contributed by atoms with E-state index in [4.69, 9.17) is 4.74 Å². The molecular weight excluding hydrogens is 314 g/mol. The van der Waals surface area contributed by atoms with Gasteiger partial charge in [-0.2, -0.15) is 5.26 Å². The summed E-state index contributed by atoms with van der Waals surface area (Å²) in [4.78, 5) is 7.73. The van der Waals surface area contributed by atoms with E-state index >= 15 is 0 Å². The summed E-state index contributed by atoms with van der Waals surface area (Å²) in [5.74, 6) is 0.991. The second-order valence-electron chi connectivity index (χ2n) is 5.87. The molecule has 0 saturated carbocycles.